The molecule has 2 aromatic carbocycles. The number of carboxylic acids is 1. The minimum atomic E-state index is -1.03. The van der Waals surface area contributed by atoms with Crippen molar-refractivity contribution in [2.24, 2.45) is 0 Å². The van der Waals surface area contributed by atoms with Gasteiger partial charge in [0.2, 0.25) is 11.6 Å². The molecule has 1 aliphatic rings. The van der Waals surface area contributed by atoms with Crippen molar-refractivity contribution in [3.05, 3.63) is 66.4 Å². The van der Waals surface area contributed by atoms with Gasteiger partial charge in [-0.3, -0.25) is 9.59 Å². The highest BCUT2D eigenvalue weighted by molar-refractivity contribution is 5.84. The topological polar surface area (TPSA) is 114 Å². The monoisotopic (exact) mass is 422 g/mol. The van der Waals surface area contributed by atoms with Crippen molar-refractivity contribution in [2.45, 2.75) is 25.4 Å². The second-order valence-electron chi connectivity index (χ2n) is 7.39. The largest absolute Gasteiger partial charge is 0.539 e. The maximum Gasteiger partial charge on any atom is 0.323 e. The van der Waals surface area contributed by atoms with E-state index >= 15 is 0 Å². The molecule has 0 radical (unpaired) electrons. The molecule has 9 heteroatoms. The number of carboxylic acid groups (broad SMARTS) is 1. The second-order valence-corrected chi connectivity index (χ2v) is 7.39. The molecular formula is C22H22N4O5. The number of hydrogen-bond donors (Lipinski definition) is 1. The number of hydrogen-bond acceptors (Lipinski definition) is 6. The second kappa shape index (κ2) is 8.86. The molecule has 0 aliphatic heterocycles. The molecule has 0 bridgehead atoms. The van der Waals surface area contributed by atoms with Crippen molar-refractivity contribution in [1.29, 1.82) is 0 Å². The van der Waals surface area contributed by atoms with Crippen LogP contribution in [0.5, 0.6) is 5.95 Å². The zero-order valence-electron chi connectivity index (χ0n) is 16.8. The third-order valence-corrected chi connectivity index (χ3v) is 5.10. The van der Waals surface area contributed by atoms with E-state index in [0.717, 1.165) is 12.8 Å². The number of para-hydroxylation sites is 2. The van der Waals surface area contributed by atoms with Crippen LogP contribution < -0.4 is 14.7 Å². The Hall–Kier alpha value is -3.88. The van der Waals surface area contributed by atoms with Gasteiger partial charge in [-0.1, -0.05) is 36.4 Å². The van der Waals surface area contributed by atoms with Gasteiger partial charge in [0.05, 0.1) is 11.8 Å². The van der Waals surface area contributed by atoms with Crippen molar-refractivity contribution < 1.29 is 29.0 Å². The van der Waals surface area contributed by atoms with Crippen molar-refractivity contribution in [3.63, 3.8) is 0 Å². The minimum Gasteiger partial charge on any atom is -0.539 e. The highest BCUT2D eigenvalue weighted by Crippen LogP contribution is 2.29. The average molecular weight is 422 g/mol. The van der Waals surface area contributed by atoms with E-state index in [9.17, 15) is 19.8 Å². The molecule has 31 heavy (non-hydrogen) atoms. The number of anilines is 1. The summed E-state index contributed by atoms with van der Waals surface area (Å²) in [6.07, 6.45) is 1.67. The highest BCUT2D eigenvalue weighted by atomic mass is 16.6. The predicted molar refractivity (Wildman–Crippen MR) is 107 cm³/mol. The van der Waals surface area contributed by atoms with Gasteiger partial charge in [-0.15, -0.1) is 0 Å². The van der Waals surface area contributed by atoms with Crippen LogP contribution in [0.4, 0.5) is 5.69 Å². The van der Waals surface area contributed by atoms with Crippen molar-refractivity contribution in [1.82, 2.24) is 10.2 Å². The lowest BCUT2D eigenvalue weighted by Gasteiger charge is -2.27. The smallest absolute Gasteiger partial charge is 0.323 e. The van der Waals surface area contributed by atoms with E-state index in [4.69, 9.17) is 4.52 Å². The maximum atomic E-state index is 13.2. The molecule has 3 aromatic rings. The quantitative estimate of drug-likeness (QED) is 0.514. The Morgan fingerprint density at radius 3 is 2.32 bits per heavy atom. The van der Waals surface area contributed by atoms with Gasteiger partial charge in [0.1, 0.15) is 13.1 Å². The van der Waals surface area contributed by atoms with Crippen LogP contribution in [0.3, 0.4) is 0 Å². The first-order valence-electron chi connectivity index (χ1n) is 9.97. The zero-order valence-corrected chi connectivity index (χ0v) is 16.8. The Morgan fingerprint density at radius 2 is 1.71 bits per heavy atom. The average Bonchev–Trinajstić information content (AvgIpc) is 3.55. The Labute approximate surface area is 178 Å². The van der Waals surface area contributed by atoms with Crippen LogP contribution >= 0.6 is 0 Å². The van der Waals surface area contributed by atoms with Gasteiger partial charge in [0.25, 0.3) is 5.69 Å². The van der Waals surface area contributed by atoms with E-state index < -0.39 is 11.9 Å². The van der Waals surface area contributed by atoms with E-state index in [1.165, 1.54) is 9.58 Å². The standard InChI is InChI=1S/C22H22N4O5/c27-20(14-24(15-21(28)29)16-7-3-1-4-8-16)25(17-11-12-17)13-19-22(30)31-23-26(19)18-9-5-2-6-10-18/h1-10,17H,11-15H2,(H-,23,28,29,30). The Morgan fingerprint density at radius 1 is 1.06 bits per heavy atom. The molecule has 1 amide bonds. The molecule has 0 saturated heterocycles. The molecule has 1 aromatic heterocycles. The number of benzene rings is 2. The summed E-state index contributed by atoms with van der Waals surface area (Å²) in [5.74, 6) is -1.89. The van der Waals surface area contributed by atoms with Crippen LogP contribution in [0.15, 0.2) is 65.2 Å². The van der Waals surface area contributed by atoms with E-state index in [2.05, 4.69) is 5.27 Å². The molecule has 160 valence electrons. The number of carbonyl (C=O) groups excluding carboxylic acids is 1. The fraction of sp³-hybridized carbons (Fsp3) is 0.273. The van der Waals surface area contributed by atoms with Crippen molar-refractivity contribution >= 4 is 17.6 Å². The Balaban J connectivity index is 1.57. The van der Waals surface area contributed by atoms with Crippen LogP contribution in [0.1, 0.15) is 18.5 Å². The van der Waals surface area contributed by atoms with Crippen LogP contribution in [0, 0.1) is 0 Å². The van der Waals surface area contributed by atoms with Gasteiger partial charge in [-0.2, -0.15) is 0 Å². The number of rotatable bonds is 9. The first-order valence-corrected chi connectivity index (χ1v) is 9.97. The number of aromatic nitrogens is 2. The van der Waals surface area contributed by atoms with Crippen molar-refractivity contribution in [3.8, 4) is 11.6 Å². The maximum absolute atomic E-state index is 13.2. The summed E-state index contributed by atoms with van der Waals surface area (Å²) in [5.41, 5.74) is 1.54. The number of aliphatic carboxylic acids is 1. The molecular weight excluding hydrogens is 400 g/mol. The molecule has 1 fully saturated rings. The zero-order chi connectivity index (χ0) is 21.8. The van der Waals surface area contributed by atoms with E-state index in [-0.39, 0.29) is 37.3 Å². The van der Waals surface area contributed by atoms with E-state index in [1.807, 2.05) is 24.3 Å². The Bertz CT molecular complexity index is 1050. The van der Waals surface area contributed by atoms with Gasteiger partial charge in [0.15, 0.2) is 5.95 Å². The molecule has 1 heterocycles. The van der Waals surface area contributed by atoms with Crippen LogP contribution in [0.2, 0.25) is 0 Å². The minimum absolute atomic E-state index is 0.00785. The fourth-order valence-electron chi connectivity index (χ4n) is 3.43. The van der Waals surface area contributed by atoms with Gasteiger partial charge >= 0.3 is 5.97 Å². The summed E-state index contributed by atoms with van der Waals surface area (Å²) in [4.78, 5) is 27.7. The molecule has 4 rings (SSSR count). The first kappa shape index (κ1) is 20.4. The summed E-state index contributed by atoms with van der Waals surface area (Å²) in [6.45, 7) is -0.383. The van der Waals surface area contributed by atoms with Gasteiger partial charge in [0, 0.05) is 23.9 Å². The number of nitrogens with zero attached hydrogens (tertiary/aromatic N) is 4. The molecule has 1 aliphatic carbocycles. The number of amides is 1. The van der Waals surface area contributed by atoms with Gasteiger partial charge in [-0.05, 0) is 29.7 Å². The van der Waals surface area contributed by atoms with E-state index in [0.29, 0.717) is 11.4 Å². The molecule has 9 nitrogen and oxygen atoms in total. The normalized spacial score (nSPS) is 13.0. The molecule has 0 atom stereocenters. The number of carbonyl (C=O) groups is 2. The third kappa shape index (κ3) is 4.82. The van der Waals surface area contributed by atoms with E-state index in [1.54, 1.807) is 41.3 Å². The lowest BCUT2D eigenvalue weighted by Crippen LogP contribution is -2.46. The summed E-state index contributed by atoms with van der Waals surface area (Å²) < 4.78 is 6.27. The summed E-state index contributed by atoms with van der Waals surface area (Å²) in [6, 6.07) is 18.0. The molecule has 0 unspecified atom stereocenters. The van der Waals surface area contributed by atoms with Crippen LogP contribution in [-0.2, 0) is 16.1 Å². The Kier molecular flexibility index (Phi) is 5.83. The van der Waals surface area contributed by atoms with Gasteiger partial charge < -0.3 is 24.5 Å². The molecule has 0 spiro atoms. The molecule has 1 saturated carbocycles. The predicted octanol–water partition coefficient (Wildman–Crippen LogP) is 1.11. The first-order chi connectivity index (χ1) is 15.0. The van der Waals surface area contributed by atoms with Gasteiger partial charge in [-0.25, -0.2) is 0 Å². The fourth-order valence-corrected chi connectivity index (χ4v) is 3.43. The lowest BCUT2D eigenvalue weighted by molar-refractivity contribution is -0.678. The SMILES string of the molecule is O=C(O)CN(CC(=O)N(Cc1c([O-])on[n+]1-c1ccccc1)C1CC1)c1ccccc1. The van der Waals surface area contributed by atoms with Crippen LogP contribution in [0.25, 0.3) is 5.69 Å². The highest BCUT2D eigenvalue weighted by Gasteiger charge is 2.36. The lowest BCUT2D eigenvalue weighted by atomic mass is 10.2. The molecule has 1 N–H and O–H groups in total. The summed E-state index contributed by atoms with van der Waals surface area (Å²) >= 11 is 0. The van der Waals surface area contributed by atoms with Crippen molar-refractivity contribution in [2.75, 3.05) is 18.0 Å². The third-order valence-electron chi connectivity index (χ3n) is 5.10. The summed E-state index contributed by atoms with van der Waals surface area (Å²) in [7, 11) is 0. The summed E-state index contributed by atoms with van der Waals surface area (Å²) in [5, 5.41) is 25.4. The van der Waals surface area contributed by atoms with Crippen LogP contribution in [-0.4, -0.2) is 46.3 Å².